The summed E-state index contributed by atoms with van der Waals surface area (Å²) < 4.78 is 1.91. The molecule has 0 radical (unpaired) electrons. The molecule has 0 bridgehead atoms. The number of aromatic nitrogens is 2. The van der Waals surface area contributed by atoms with Gasteiger partial charge in [-0.25, -0.2) is 4.68 Å². The Bertz CT molecular complexity index is 515. The lowest BCUT2D eigenvalue weighted by molar-refractivity contribution is 0.296. The predicted octanol–water partition coefficient (Wildman–Crippen LogP) is 2.64. The van der Waals surface area contributed by atoms with Crippen molar-refractivity contribution in [3.05, 3.63) is 48.3 Å². The van der Waals surface area contributed by atoms with Crippen LogP contribution in [0.3, 0.4) is 0 Å². The van der Waals surface area contributed by atoms with Crippen LogP contribution in [-0.2, 0) is 0 Å². The minimum absolute atomic E-state index is 0.287. The number of nitrogens with zero attached hydrogens (tertiary/aromatic N) is 2. The fourth-order valence-electron chi connectivity index (χ4n) is 2.02. The first kappa shape index (κ1) is 16.1. The summed E-state index contributed by atoms with van der Waals surface area (Å²) in [5.41, 5.74) is 2.27. The summed E-state index contributed by atoms with van der Waals surface area (Å²) in [7, 11) is 0. The lowest BCUT2D eigenvalue weighted by Gasteiger charge is -2.11. The Hall–Kier alpha value is -1.30. The second-order valence-electron chi connectivity index (χ2n) is 4.92. The monoisotopic (exact) mass is 305 g/mol. The van der Waals surface area contributed by atoms with Crippen LogP contribution >= 0.6 is 11.8 Å². The Balaban J connectivity index is 1.78. The Kier molecular flexibility index (Phi) is 6.79. The van der Waals surface area contributed by atoms with Crippen LogP contribution in [0.2, 0.25) is 0 Å². The number of rotatable bonds is 9. The van der Waals surface area contributed by atoms with Crippen LogP contribution in [0.25, 0.3) is 5.69 Å². The van der Waals surface area contributed by atoms with Gasteiger partial charge in [-0.1, -0.05) is 18.2 Å². The number of nitrogens with one attached hydrogen (secondary N) is 1. The molecule has 1 unspecified atom stereocenters. The van der Waals surface area contributed by atoms with Gasteiger partial charge in [-0.15, -0.1) is 0 Å². The van der Waals surface area contributed by atoms with Gasteiger partial charge in [0.05, 0.1) is 11.9 Å². The van der Waals surface area contributed by atoms with E-state index in [1.807, 2.05) is 53.0 Å². The topological polar surface area (TPSA) is 50.1 Å². The Morgan fingerprint density at radius 1 is 1.29 bits per heavy atom. The molecule has 0 spiro atoms. The summed E-state index contributed by atoms with van der Waals surface area (Å²) in [6.45, 7) is 3.41. The van der Waals surface area contributed by atoms with Gasteiger partial charge in [0, 0.05) is 36.7 Å². The zero-order chi connectivity index (χ0) is 14.9. The molecule has 0 aliphatic carbocycles. The third-order valence-corrected chi connectivity index (χ3v) is 4.34. The summed E-state index contributed by atoms with van der Waals surface area (Å²) in [6.07, 6.45) is 4.87. The van der Waals surface area contributed by atoms with Crippen molar-refractivity contribution in [1.82, 2.24) is 15.1 Å². The minimum atomic E-state index is 0.287. The van der Waals surface area contributed by atoms with Gasteiger partial charge >= 0.3 is 0 Å². The highest BCUT2D eigenvalue weighted by atomic mass is 32.2. The van der Waals surface area contributed by atoms with E-state index in [2.05, 4.69) is 23.5 Å². The summed E-state index contributed by atoms with van der Waals surface area (Å²) >= 11 is 1.87. The molecule has 0 aliphatic rings. The molecular formula is C16H23N3OS. The van der Waals surface area contributed by atoms with Crippen LogP contribution in [0.4, 0.5) is 0 Å². The number of thioether (sulfide) groups is 1. The smallest absolute Gasteiger partial charge is 0.0645 e. The fraction of sp³-hybridized carbons (Fsp3) is 0.438. The van der Waals surface area contributed by atoms with Crippen molar-refractivity contribution in [2.45, 2.75) is 19.4 Å². The molecule has 2 N–H and O–H groups in total. The number of hydrogen-bond donors (Lipinski definition) is 2. The van der Waals surface area contributed by atoms with Crippen molar-refractivity contribution >= 4 is 11.8 Å². The standard InChI is InChI=1S/C16H23N3OS/c1-14(17-8-11-21-10-5-9-20)15-12-18-19(13-15)16-6-3-2-4-7-16/h2-4,6-7,12-14,17,20H,5,8-11H2,1H3. The number of aliphatic hydroxyl groups excluding tert-OH is 1. The maximum Gasteiger partial charge on any atom is 0.0645 e. The van der Waals surface area contributed by atoms with Gasteiger partial charge in [-0.3, -0.25) is 0 Å². The fourth-order valence-corrected chi connectivity index (χ4v) is 2.82. The normalized spacial score (nSPS) is 12.5. The lowest BCUT2D eigenvalue weighted by Crippen LogP contribution is -2.21. The van der Waals surface area contributed by atoms with Crippen molar-refractivity contribution in [2.24, 2.45) is 0 Å². The van der Waals surface area contributed by atoms with E-state index in [4.69, 9.17) is 5.11 Å². The molecule has 1 aromatic heterocycles. The third kappa shape index (κ3) is 5.19. The molecule has 114 valence electrons. The summed E-state index contributed by atoms with van der Waals surface area (Å²) in [6, 6.07) is 10.4. The summed E-state index contributed by atoms with van der Waals surface area (Å²) in [5, 5.41) is 16.6. The van der Waals surface area contributed by atoms with E-state index >= 15 is 0 Å². The van der Waals surface area contributed by atoms with Crippen molar-refractivity contribution < 1.29 is 5.11 Å². The molecule has 4 nitrogen and oxygen atoms in total. The second kappa shape index (κ2) is 8.87. The lowest BCUT2D eigenvalue weighted by atomic mass is 10.2. The first-order valence-corrected chi connectivity index (χ1v) is 8.48. The average molecular weight is 305 g/mol. The van der Waals surface area contributed by atoms with Gasteiger partial charge in [0.1, 0.15) is 0 Å². The first-order chi connectivity index (χ1) is 10.3. The molecule has 21 heavy (non-hydrogen) atoms. The Morgan fingerprint density at radius 2 is 2.10 bits per heavy atom. The zero-order valence-corrected chi connectivity index (χ0v) is 13.2. The highest BCUT2D eigenvalue weighted by Gasteiger charge is 2.08. The maximum atomic E-state index is 8.72. The van der Waals surface area contributed by atoms with E-state index in [1.54, 1.807) is 0 Å². The molecule has 0 amide bonds. The second-order valence-corrected chi connectivity index (χ2v) is 6.14. The zero-order valence-electron chi connectivity index (χ0n) is 12.4. The van der Waals surface area contributed by atoms with Crippen molar-refractivity contribution in [3.8, 4) is 5.69 Å². The van der Waals surface area contributed by atoms with Crippen LogP contribution < -0.4 is 5.32 Å². The molecule has 1 aromatic carbocycles. The maximum absolute atomic E-state index is 8.72. The van der Waals surface area contributed by atoms with Gasteiger partial charge in [0.15, 0.2) is 0 Å². The largest absolute Gasteiger partial charge is 0.396 e. The number of hydrogen-bond acceptors (Lipinski definition) is 4. The summed E-state index contributed by atoms with van der Waals surface area (Å²) in [5.74, 6) is 2.09. The molecule has 1 atom stereocenters. The number of para-hydroxylation sites is 1. The highest BCUT2D eigenvalue weighted by Crippen LogP contribution is 2.14. The van der Waals surface area contributed by atoms with Gasteiger partial charge in [0.25, 0.3) is 0 Å². The van der Waals surface area contributed by atoms with E-state index in [0.717, 1.165) is 30.2 Å². The van der Waals surface area contributed by atoms with Gasteiger partial charge < -0.3 is 10.4 Å². The van der Waals surface area contributed by atoms with Crippen LogP contribution in [0.5, 0.6) is 0 Å². The molecule has 2 aromatic rings. The van der Waals surface area contributed by atoms with Crippen LogP contribution in [0.15, 0.2) is 42.7 Å². The molecule has 0 saturated heterocycles. The Morgan fingerprint density at radius 3 is 2.86 bits per heavy atom. The van der Waals surface area contributed by atoms with Crippen molar-refractivity contribution in [3.63, 3.8) is 0 Å². The SMILES string of the molecule is CC(NCCSCCCO)c1cnn(-c2ccccc2)c1. The molecule has 2 rings (SSSR count). The quantitative estimate of drug-likeness (QED) is 0.699. The van der Waals surface area contributed by atoms with Crippen molar-refractivity contribution in [2.75, 3.05) is 24.7 Å². The van der Waals surface area contributed by atoms with E-state index in [-0.39, 0.29) is 6.61 Å². The molecule has 5 heteroatoms. The van der Waals surface area contributed by atoms with Gasteiger partial charge in [0.2, 0.25) is 0 Å². The molecular weight excluding hydrogens is 282 g/mol. The molecule has 0 fully saturated rings. The highest BCUT2D eigenvalue weighted by molar-refractivity contribution is 7.99. The van der Waals surface area contributed by atoms with E-state index in [1.165, 1.54) is 5.56 Å². The molecule has 1 heterocycles. The van der Waals surface area contributed by atoms with E-state index < -0.39 is 0 Å². The molecule has 0 aliphatic heterocycles. The van der Waals surface area contributed by atoms with Crippen LogP contribution in [0.1, 0.15) is 24.9 Å². The number of benzene rings is 1. The van der Waals surface area contributed by atoms with E-state index in [9.17, 15) is 0 Å². The van der Waals surface area contributed by atoms with Crippen LogP contribution in [-0.4, -0.2) is 39.5 Å². The van der Waals surface area contributed by atoms with Gasteiger partial charge in [-0.2, -0.15) is 16.9 Å². The Labute approximate surface area is 130 Å². The van der Waals surface area contributed by atoms with Crippen molar-refractivity contribution in [1.29, 1.82) is 0 Å². The number of aliphatic hydroxyl groups is 1. The summed E-state index contributed by atoms with van der Waals surface area (Å²) in [4.78, 5) is 0. The molecule has 0 saturated carbocycles. The van der Waals surface area contributed by atoms with Gasteiger partial charge in [-0.05, 0) is 31.2 Å². The van der Waals surface area contributed by atoms with Crippen LogP contribution in [0, 0.1) is 0 Å². The average Bonchev–Trinajstić information content (AvgIpc) is 3.01. The van der Waals surface area contributed by atoms with E-state index in [0.29, 0.717) is 6.04 Å². The minimum Gasteiger partial charge on any atom is -0.396 e. The third-order valence-electron chi connectivity index (χ3n) is 3.27. The first-order valence-electron chi connectivity index (χ1n) is 7.33. The predicted molar refractivity (Wildman–Crippen MR) is 89.0 cm³/mol.